The number of hydrogen-bond acceptors (Lipinski definition) is 5. The van der Waals surface area contributed by atoms with Crippen molar-refractivity contribution in [3.8, 4) is 0 Å². The number of anilines is 2. The topological polar surface area (TPSA) is 127 Å². The van der Waals surface area contributed by atoms with Crippen molar-refractivity contribution >= 4 is 44.4 Å². The number of nitrogens with zero attached hydrogens (tertiary/aromatic N) is 1. The fourth-order valence-electron chi connectivity index (χ4n) is 1.72. The highest BCUT2D eigenvalue weighted by molar-refractivity contribution is 7.89. The molecule has 8 nitrogen and oxygen atoms in total. The second-order valence-corrected chi connectivity index (χ2v) is 6.43. The predicted molar refractivity (Wildman–Crippen MR) is 90.8 cm³/mol. The van der Waals surface area contributed by atoms with Crippen LogP contribution in [-0.4, -0.2) is 18.5 Å². The van der Waals surface area contributed by atoms with E-state index in [1.54, 1.807) is 6.07 Å². The molecule has 0 saturated carbocycles. The van der Waals surface area contributed by atoms with Gasteiger partial charge in [-0.1, -0.05) is 6.07 Å². The van der Waals surface area contributed by atoms with Crippen LogP contribution < -0.4 is 15.8 Å². The number of nitro benzene ring substituents is 1. The quantitative estimate of drug-likeness (QED) is 0.436. The number of nitrogens with one attached hydrogen (secondary N) is 2. The number of nitrogens with two attached hydrogens (primary N) is 1. The lowest BCUT2D eigenvalue weighted by Crippen LogP contribution is -2.19. The van der Waals surface area contributed by atoms with E-state index >= 15 is 0 Å². The Morgan fingerprint density at radius 1 is 1.09 bits per heavy atom. The molecule has 0 spiro atoms. The third-order valence-corrected chi connectivity index (χ3v) is 3.89. The summed E-state index contributed by atoms with van der Waals surface area (Å²) in [7, 11) is -3.75. The van der Waals surface area contributed by atoms with Gasteiger partial charge >= 0.3 is 0 Å². The zero-order valence-corrected chi connectivity index (χ0v) is 13.2. The number of primary sulfonamides is 1. The Kier molecular flexibility index (Phi) is 4.89. The molecule has 0 radical (unpaired) electrons. The Morgan fingerprint density at radius 3 is 2.26 bits per heavy atom. The molecule has 2 rings (SSSR count). The van der Waals surface area contributed by atoms with Gasteiger partial charge in [0.25, 0.3) is 5.69 Å². The van der Waals surface area contributed by atoms with E-state index in [4.69, 9.17) is 17.4 Å². The van der Waals surface area contributed by atoms with E-state index < -0.39 is 14.9 Å². The first kappa shape index (κ1) is 16.8. The molecule has 0 saturated heterocycles. The fourth-order valence-corrected chi connectivity index (χ4v) is 2.47. The number of thiocarbonyl (C=S) groups is 1. The van der Waals surface area contributed by atoms with Crippen LogP contribution in [0, 0.1) is 10.1 Å². The van der Waals surface area contributed by atoms with Gasteiger partial charge in [-0.2, -0.15) is 0 Å². The summed E-state index contributed by atoms with van der Waals surface area (Å²) in [5.74, 6) is 0. The highest BCUT2D eigenvalue weighted by Gasteiger charge is 2.08. The zero-order chi connectivity index (χ0) is 17.0. The summed E-state index contributed by atoms with van der Waals surface area (Å²) in [6, 6.07) is 11.6. The zero-order valence-electron chi connectivity index (χ0n) is 11.6. The van der Waals surface area contributed by atoms with E-state index in [0.717, 1.165) is 0 Å². The number of hydrogen-bond donors (Lipinski definition) is 3. The Labute approximate surface area is 137 Å². The molecule has 0 aliphatic rings. The van der Waals surface area contributed by atoms with Gasteiger partial charge in [-0.3, -0.25) is 10.1 Å². The summed E-state index contributed by atoms with van der Waals surface area (Å²) >= 11 is 5.10. The lowest BCUT2D eigenvalue weighted by Gasteiger charge is -2.10. The van der Waals surface area contributed by atoms with Crippen LogP contribution in [0.5, 0.6) is 0 Å². The van der Waals surface area contributed by atoms with E-state index in [-0.39, 0.29) is 15.7 Å². The molecule has 0 heterocycles. The minimum atomic E-state index is -3.75. The summed E-state index contributed by atoms with van der Waals surface area (Å²) in [4.78, 5) is 10.2. The molecule has 0 amide bonds. The van der Waals surface area contributed by atoms with Crippen molar-refractivity contribution in [3.05, 3.63) is 58.6 Å². The molecule has 120 valence electrons. The van der Waals surface area contributed by atoms with E-state index in [9.17, 15) is 18.5 Å². The van der Waals surface area contributed by atoms with Crippen LogP contribution in [0.3, 0.4) is 0 Å². The number of sulfonamides is 1. The highest BCUT2D eigenvalue weighted by atomic mass is 32.2. The molecule has 0 aliphatic carbocycles. The lowest BCUT2D eigenvalue weighted by atomic mass is 10.3. The van der Waals surface area contributed by atoms with Crippen molar-refractivity contribution in [2.75, 3.05) is 10.6 Å². The van der Waals surface area contributed by atoms with Gasteiger partial charge in [0.05, 0.1) is 9.82 Å². The second kappa shape index (κ2) is 6.69. The van der Waals surface area contributed by atoms with Gasteiger partial charge in [0.15, 0.2) is 5.11 Å². The monoisotopic (exact) mass is 352 g/mol. The first-order valence-corrected chi connectivity index (χ1v) is 8.16. The summed E-state index contributed by atoms with van der Waals surface area (Å²) in [6.45, 7) is 0. The van der Waals surface area contributed by atoms with Gasteiger partial charge < -0.3 is 10.6 Å². The molecule has 0 aromatic heterocycles. The highest BCUT2D eigenvalue weighted by Crippen LogP contribution is 2.18. The first-order valence-electron chi connectivity index (χ1n) is 6.21. The smallest absolute Gasteiger partial charge is 0.271 e. The Balaban J connectivity index is 2.05. The third kappa shape index (κ3) is 4.71. The first-order chi connectivity index (χ1) is 10.8. The SMILES string of the molecule is NS(=O)(=O)c1ccc(NC(=S)Nc2cccc([N+](=O)[O-])c2)cc1. The van der Waals surface area contributed by atoms with Crippen molar-refractivity contribution in [3.63, 3.8) is 0 Å². The molecule has 0 atom stereocenters. The van der Waals surface area contributed by atoms with Crippen LogP contribution in [0.4, 0.5) is 17.1 Å². The molecule has 23 heavy (non-hydrogen) atoms. The van der Waals surface area contributed by atoms with Gasteiger partial charge in [-0.25, -0.2) is 13.6 Å². The van der Waals surface area contributed by atoms with Crippen molar-refractivity contribution < 1.29 is 13.3 Å². The maximum Gasteiger partial charge on any atom is 0.271 e. The molecule has 0 bridgehead atoms. The van der Waals surface area contributed by atoms with Crippen molar-refractivity contribution in [2.24, 2.45) is 5.14 Å². The molecule has 2 aromatic carbocycles. The summed E-state index contributed by atoms with van der Waals surface area (Å²) in [6.07, 6.45) is 0. The molecule has 0 fully saturated rings. The van der Waals surface area contributed by atoms with Gasteiger partial charge in [0.2, 0.25) is 10.0 Å². The predicted octanol–water partition coefficient (Wildman–Crippen LogP) is 2.05. The lowest BCUT2D eigenvalue weighted by molar-refractivity contribution is -0.384. The number of rotatable bonds is 4. The van der Waals surface area contributed by atoms with Gasteiger partial charge in [0, 0.05) is 23.5 Å². The van der Waals surface area contributed by atoms with Gasteiger partial charge in [-0.05, 0) is 42.5 Å². The van der Waals surface area contributed by atoms with Crippen LogP contribution in [0.2, 0.25) is 0 Å². The maximum atomic E-state index is 11.2. The average molecular weight is 352 g/mol. The van der Waals surface area contributed by atoms with Crippen LogP contribution in [-0.2, 0) is 10.0 Å². The summed E-state index contributed by atoms with van der Waals surface area (Å²) < 4.78 is 22.3. The molecular formula is C13H12N4O4S2. The Morgan fingerprint density at radius 2 is 1.70 bits per heavy atom. The van der Waals surface area contributed by atoms with Crippen LogP contribution in [0.1, 0.15) is 0 Å². The number of nitro groups is 1. The molecule has 4 N–H and O–H groups in total. The molecule has 2 aromatic rings. The Bertz CT molecular complexity index is 851. The number of benzene rings is 2. The van der Waals surface area contributed by atoms with Crippen molar-refractivity contribution in [1.82, 2.24) is 0 Å². The van der Waals surface area contributed by atoms with E-state index in [0.29, 0.717) is 11.4 Å². The maximum absolute atomic E-state index is 11.2. The Hall–Kier alpha value is -2.56. The summed E-state index contributed by atoms with van der Waals surface area (Å²) in [5, 5.41) is 21.6. The standard InChI is InChI=1S/C13H12N4O4S2/c14-23(20,21)12-6-4-9(5-7-12)15-13(22)16-10-2-1-3-11(8-10)17(18)19/h1-8H,(H2,14,20,21)(H2,15,16,22). The number of non-ortho nitro benzene ring substituents is 1. The molecule has 0 unspecified atom stereocenters. The van der Waals surface area contributed by atoms with E-state index in [1.165, 1.54) is 42.5 Å². The van der Waals surface area contributed by atoms with Crippen LogP contribution in [0.25, 0.3) is 0 Å². The normalized spacial score (nSPS) is 10.8. The summed E-state index contributed by atoms with van der Waals surface area (Å²) in [5.41, 5.74) is 0.938. The fraction of sp³-hybridized carbons (Fsp3) is 0. The van der Waals surface area contributed by atoms with Crippen molar-refractivity contribution in [2.45, 2.75) is 4.90 Å². The minimum absolute atomic E-state index is 0.0133. The average Bonchev–Trinajstić information content (AvgIpc) is 2.47. The molecular weight excluding hydrogens is 340 g/mol. The van der Waals surface area contributed by atoms with Crippen LogP contribution in [0.15, 0.2) is 53.4 Å². The minimum Gasteiger partial charge on any atom is -0.332 e. The largest absolute Gasteiger partial charge is 0.332 e. The second-order valence-electron chi connectivity index (χ2n) is 4.46. The van der Waals surface area contributed by atoms with Gasteiger partial charge in [0.1, 0.15) is 0 Å². The molecule has 0 aliphatic heterocycles. The molecule has 10 heteroatoms. The van der Waals surface area contributed by atoms with Crippen LogP contribution >= 0.6 is 12.2 Å². The van der Waals surface area contributed by atoms with E-state index in [1.807, 2.05) is 0 Å². The third-order valence-electron chi connectivity index (χ3n) is 2.76. The van der Waals surface area contributed by atoms with E-state index in [2.05, 4.69) is 10.6 Å². The van der Waals surface area contributed by atoms with Gasteiger partial charge in [-0.15, -0.1) is 0 Å². The van der Waals surface area contributed by atoms with Crippen molar-refractivity contribution in [1.29, 1.82) is 0 Å².